The largest absolute Gasteiger partial charge is 0.353 e. The second kappa shape index (κ2) is 6.40. The predicted octanol–water partition coefficient (Wildman–Crippen LogP) is 2.37. The van der Waals surface area contributed by atoms with E-state index in [1.165, 1.54) is 6.92 Å². The van der Waals surface area contributed by atoms with Gasteiger partial charge in [0.25, 0.3) is 0 Å². The molecule has 17 heavy (non-hydrogen) atoms. The van der Waals surface area contributed by atoms with Crippen molar-refractivity contribution in [3.63, 3.8) is 0 Å². The number of hydrogen-bond acceptors (Lipinski definition) is 2. The maximum atomic E-state index is 11.4. The lowest BCUT2D eigenvalue weighted by atomic mass is 10.1. The van der Waals surface area contributed by atoms with Crippen LogP contribution in [-0.2, 0) is 16.0 Å². The van der Waals surface area contributed by atoms with Gasteiger partial charge in [0, 0.05) is 11.1 Å². The number of ketones is 1. The van der Waals surface area contributed by atoms with Crippen LogP contribution in [0.2, 0.25) is 5.02 Å². The van der Waals surface area contributed by atoms with Crippen molar-refractivity contribution in [1.82, 2.24) is 5.32 Å². The van der Waals surface area contributed by atoms with E-state index in [0.29, 0.717) is 5.02 Å². The highest BCUT2D eigenvalue weighted by Gasteiger charge is 2.09. The highest BCUT2D eigenvalue weighted by molar-refractivity contribution is 6.30. The van der Waals surface area contributed by atoms with Crippen LogP contribution in [0, 0.1) is 0 Å². The molecule has 0 aliphatic heterocycles. The van der Waals surface area contributed by atoms with Gasteiger partial charge in [0.1, 0.15) is 5.78 Å². The van der Waals surface area contributed by atoms with Crippen LogP contribution in [0.15, 0.2) is 24.3 Å². The highest BCUT2D eigenvalue weighted by atomic mass is 35.5. The fourth-order valence-corrected chi connectivity index (χ4v) is 1.70. The molecule has 1 unspecified atom stereocenters. The van der Waals surface area contributed by atoms with Gasteiger partial charge in [-0.2, -0.15) is 0 Å². The molecule has 92 valence electrons. The molecule has 3 nitrogen and oxygen atoms in total. The van der Waals surface area contributed by atoms with Crippen molar-refractivity contribution < 1.29 is 9.59 Å². The molecule has 0 bridgehead atoms. The van der Waals surface area contributed by atoms with Gasteiger partial charge >= 0.3 is 0 Å². The fourth-order valence-electron chi connectivity index (χ4n) is 1.58. The third-order valence-corrected chi connectivity index (χ3v) is 2.52. The summed E-state index contributed by atoms with van der Waals surface area (Å²) in [6.45, 7) is 3.32. The second-order valence-corrected chi connectivity index (χ2v) is 4.61. The molecule has 1 amide bonds. The van der Waals surface area contributed by atoms with E-state index in [-0.39, 0.29) is 24.2 Å². The summed E-state index contributed by atoms with van der Waals surface area (Å²) in [4.78, 5) is 22.1. The van der Waals surface area contributed by atoms with Gasteiger partial charge in [-0.1, -0.05) is 23.7 Å². The molecule has 0 aliphatic carbocycles. The summed E-state index contributed by atoms with van der Waals surface area (Å²) in [6, 6.07) is 7.50. The van der Waals surface area contributed by atoms with E-state index in [1.54, 1.807) is 0 Å². The minimum atomic E-state index is -0.223. The van der Waals surface area contributed by atoms with E-state index in [2.05, 4.69) is 5.32 Å². The first-order valence-corrected chi connectivity index (χ1v) is 5.88. The number of benzene rings is 1. The van der Waals surface area contributed by atoms with Crippen molar-refractivity contribution in [3.05, 3.63) is 34.9 Å². The number of halogens is 1. The van der Waals surface area contributed by atoms with Crippen LogP contribution in [0.25, 0.3) is 0 Å². The summed E-state index contributed by atoms with van der Waals surface area (Å²) < 4.78 is 0. The molecular formula is C13H16ClNO2. The molecule has 0 spiro atoms. The van der Waals surface area contributed by atoms with Gasteiger partial charge in [-0.05, 0) is 38.0 Å². The van der Waals surface area contributed by atoms with E-state index in [4.69, 9.17) is 11.6 Å². The van der Waals surface area contributed by atoms with Crippen molar-refractivity contribution in [1.29, 1.82) is 0 Å². The average molecular weight is 254 g/mol. The predicted molar refractivity (Wildman–Crippen MR) is 68.1 cm³/mol. The van der Waals surface area contributed by atoms with E-state index >= 15 is 0 Å². The smallest absolute Gasteiger partial charge is 0.227 e. The summed E-state index contributed by atoms with van der Waals surface area (Å²) in [5, 5.41) is 3.48. The fraction of sp³-hybridized carbons (Fsp3) is 0.385. The van der Waals surface area contributed by atoms with Crippen LogP contribution >= 0.6 is 11.6 Å². The van der Waals surface area contributed by atoms with E-state index in [1.807, 2.05) is 31.2 Å². The average Bonchev–Trinajstić information content (AvgIpc) is 2.19. The minimum Gasteiger partial charge on any atom is -0.353 e. The van der Waals surface area contributed by atoms with Crippen molar-refractivity contribution in [2.24, 2.45) is 0 Å². The standard InChI is InChI=1S/C13H16ClNO2/c1-9(15-13(17)8-10(2)16)7-11-3-5-12(14)6-4-11/h3-6,9H,7-8H2,1-2H3,(H,15,17). The molecule has 1 N–H and O–H groups in total. The van der Waals surface area contributed by atoms with Gasteiger partial charge in [0.15, 0.2) is 0 Å². The zero-order valence-corrected chi connectivity index (χ0v) is 10.8. The molecule has 1 aromatic rings. The van der Waals surface area contributed by atoms with Crippen molar-refractivity contribution in [3.8, 4) is 0 Å². The Hall–Kier alpha value is -1.35. The highest BCUT2D eigenvalue weighted by Crippen LogP contribution is 2.11. The molecular weight excluding hydrogens is 238 g/mol. The minimum absolute atomic E-state index is 0.00280. The molecule has 0 aliphatic rings. The lowest BCUT2D eigenvalue weighted by molar-refractivity contribution is -0.127. The Labute approximate surface area is 106 Å². The van der Waals surface area contributed by atoms with Gasteiger partial charge in [0.2, 0.25) is 5.91 Å². The Morgan fingerprint density at radius 2 is 1.88 bits per heavy atom. The quantitative estimate of drug-likeness (QED) is 0.819. The Kier molecular flexibility index (Phi) is 5.16. The van der Waals surface area contributed by atoms with E-state index in [9.17, 15) is 9.59 Å². The molecule has 0 fully saturated rings. The zero-order chi connectivity index (χ0) is 12.8. The van der Waals surface area contributed by atoms with Gasteiger partial charge in [-0.3, -0.25) is 9.59 Å². The van der Waals surface area contributed by atoms with E-state index < -0.39 is 0 Å². The zero-order valence-electron chi connectivity index (χ0n) is 10.00. The third-order valence-electron chi connectivity index (χ3n) is 2.27. The molecule has 0 saturated heterocycles. The summed E-state index contributed by atoms with van der Waals surface area (Å²) >= 11 is 5.78. The van der Waals surface area contributed by atoms with Gasteiger partial charge in [0.05, 0.1) is 6.42 Å². The van der Waals surface area contributed by atoms with Crippen LogP contribution in [0.1, 0.15) is 25.8 Å². The first-order chi connectivity index (χ1) is 7.97. The van der Waals surface area contributed by atoms with Gasteiger partial charge < -0.3 is 5.32 Å². The first kappa shape index (κ1) is 13.7. The summed E-state index contributed by atoms with van der Waals surface area (Å²) in [7, 11) is 0. The molecule has 0 saturated carbocycles. The number of hydrogen-bond donors (Lipinski definition) is 1. The molecule has 0 aromatic heterocycles. The SMILES string of the molecule is CC(=O)CC(=O)NC(C)Cc1ccc(Cl)cc1. The molecule has 1 aromatic carbocycles. The second-order valence-electron chi connectivity index (χ2n) is 4.18. The number of Topliss-reactive ketones (excluding diaryl/α,β-unsaturated/α-hetero) is 1. The van der Waals surface area contributed by atoms with Gasteiger partial charge in [-0.25, -0.2) is 0 Å². The number of amides is 1. The number of nitrogens with one attached hydrogen (secondary N) is 1. The maximum absolute atomic E-state index is 11.4. The van der Waals surface area contributed by atoms with Crippen LogP contribution in [0.4, 0.5) is 0 Å². The van der Waals surface area contributed by atoms with Crippen LogP contribution in [0.3, 0.4) is 0 Å². The molecule has 0 radical (unpaired) electrons. The molecule has 1 rings (SSSR count). The first-order valence-electron chi connectivity index (χ1n) is 5.50. The number of carbonyl (C=O) groups excluding carboxylic acids is 2. The number of carbonyl (C=O) groups is 2. The Bertz CT molecular complexity index is 400. The van der Waals surface area contributed by atoms with E-state index in [0.717, 1.165) is 12.0 Å². The van der Waals surface area contributed by atoms with Crippen molar-refractivity contribution in [2.75, 3.05) is 0 Å². The molecule has 0 heterocycles. The molecule has 4 heteroatoms. The Morgan fingerprint density at radius 3 is 2.41 bits per heavy atom. The lowest BCUT2D eigenvalue weighted by Crippen LogP contribution is -2.34. The third kappa shape index (κ3) is 5.50. The van der Waals surface area contributed by atoms with Crippen molar-refractivity contribution in [2.45, 2.75) is 32.7 Å². The van der Waals surface area contributed by atoms with Crippen LogP contribution in [-0.4, -0.2) is 17.7 Å². The Morgan fingerprint density at radius 1 is 1.29 bits per heavy atom. The lowest BCUT2D eigenvalue weighted by Gasteiger charge is -2.13. The van der Waals surface area contributed by atoms with Crippen molar-refractivity contribution >= 4 is 23.3 Å². The van der Waals surface area contributed by atoms with Crippen LogP contribution in [0.5, 0.6) is 0 Å². The maximum Gasteiger partial charge on any atom is 0.227 e. The van der Waals surface area contributed by atoms with Crippen LogP contribution < -0.4 is 5.32 Å². The monoisotopic (exact) mass is 253 g/mol. The van der Waals surface area contributed by atoms with Gasteiger partial charge in [-0.15, -0.1) is 0 Å². The summed E-state index contributed by atoms with van der Waals surface area (Å²) in [6.07, 6.45) is 0.672. The normalized spacial score (nSPS) is 11.9. The topological polar surface area (TPSA) is 46.2 Å². The molecule has 1 atom stereocenters. The summed E-state index contributed by atoms with van der Waals surface area (Å²) in [5.74, 6) is -0.347. The summed E-state index contributed by atoms with van der Waals surface area (Å²) in [5.41, 5.74) is 1.10. The Balaban J connectivity index is 2.44. The number of rotatable bonds is 5.